The molecule has 1 aliphatic heterocycles. The number of ether oxygens (including phenoxy) is 1. The molecule has 0 atom stereocenters. The van der Waals surface area contributed by atoms with Gasteiger partial charge < -0.3 is 4.74 Å². The van der Waals surface area contributed by atoms with Crippen molar-refractivity contribution in [2.24, 2.45) is 0 Å². The van der Waals surface area contributed by atoms with Gasteiger partial charge in [-0.25, -0.2) is 0 Å². The van der Waals surface area contributed by atoms with Gasteiger partial charge in [0.1, 0.15) is 5.75 Å². The molecule has 0 radical (unpaired) electrons. The fraction of sp³-hybridized carbons (Fsp3) is 0.0625. The molecule has 0 amide bonds. The lowest BCUT2D eigenvalue weighted by atomic mass is 9.93. The van der Waals surface area contributed by atoms with E-state index >= 15 is 0 Å². The standard InChI is InChI=1S/C32H26O/c1-4-10-25(11-5-1)16-19-28-24-29-22-23-33-32(29)31(21-18-27-14-8-3-9-15-27)30(28)20-17-26-12-6-2-7-13-26/h1-21,24H,22-23H2. The molecule has 1 aliphatic rings. The van der Waals surface area contributed by atoms with E-state index in [1.807, 2.05) is 18.2 Å². The third kappa shape index (κ3) is 5.05. The van der Waals surface area contributed by atoms with E-state index in [1.54, 1.807) is 0 Å². The molecule has 5 rings (SSSR count). The van der Waals surface area contributed by atoms with Crippen molar-refractivity contribution < 1.29 is 4.74 Å². The maximum Gasteiger partial charge on any atom is 0.130 e. The van der Waals surface area contributed by atoms with Crippen molar-refractivity contribution >= 4 is 36.5 Å². The van der Waals surface area contributed by atoms with Gasteiger partial charge in [-0.15, -0.1) is 0 Å². The molecule has 0 bridgehead atoms. The van der Waals surface area contributed by atoms with E-state index in [4.69, 9.17) is 4.74 Å². The maximum atomic E-state index is 6.12. The Bertz CT molecular complexity index is 1300. The van der Waals surface area contributed by atoms with Gasteiger partial charge in [-0.2, -0.15) is 0 Å². The highest BCUT2D eigenvalue weighted by atomic mass is 16.5. The van der Waals surface area contributed by atoms with Gasteiger partial charge in [0, 0.05) is 12.0 Å². The summed E-state index contributed by atoms with van der Waals surface area (Å²) in [6.07, 6.45) is 14.1. The lowest BCUT2D eigenvalue weighted by Crippen LogP contribution is -1.93. The summed E-state index contributed by atoms with van der Waals surface area (Å²) in [4.78, 5) is 0. The molecule has 0 fully saturated rings. The summed E-state index contributed by atoms with van der Waals surface area (Å²) in [5.74, 6) is 1.01. The lowest BCUT2D eigenvalue weighted by molar-refractivity contribution is 0.356. The fourth-order valence-corrected chi connectivity index (χ4v) is 4.13. The zero-order chi connectivity index (χ0) is 22.3. The quantitative estimate of drug-likeness (QED) is 0.283. The molecule has 1 heterocycles. The molecular formula is C32H26O. The van der Waals surface area contributed by atoms with Crippen LogP contribution in [-0.4, -0.2) is 6.61 Å². The van der Waals surface area contributed by atoms with Crippen molar-refractivity contribution in [3.8, 4) is 5.75 Å². The molecule has 4 aromatic rings. The number of hydrogen-bond acceptors (Lipinski definition) is 1. The number of benzene rings is 4. The molecule has 0 aromatic heterocycles. The van der Waals surface area contributed by atoms with Gasteiger partial charge in [-0.3, -0.25) is 0 Å². The van der Waals surface area contributed by atoms with Crippen molar-refractivity contribution in [2.75, 3.05) is 6.61 Å². The van der Waals surface area contributed by atoms with E-state index < -0.39 is 0 Å². The van der Waals surface area contributed by atoms with E-state index in [-0.39, 0.29) is 0 Å². The Labute approximate surface area is 196 Å². The smallest absolute Gasteiger partial charge is 0.130 e. The molecular weight excluding hydrogens is 400 g/mol. The zero-order valence-corrected chi connectivity index (χ0v) is 18.5. The Kier molecular flexibility index (Phi) is 6.31. The van der Waals surface area contributed by atoms with Crippen LogP contribution in [0.4, 0.5) is 0 Å². The minimum Gasteiger partial charge on any atom is -0.492 e. The Morgan fingerprint density at radius 3 is 1.55 bits per heavy atom. The van der Waals surface area contributed by atoms with Crippen molar-refractivity contribution in [2.45, 2.75) is 6.42 Å². The second-order valence-electron chi connectivity index (χ2n) is 8.11. The van der Waals surface area contributed by atoms with Crippen molar-refractivity contribution in [3.05, 3.63) is 136 Å². The highest BCUT2D eigenvalue weighted by Gasteiger charge is 2.20. The predicted octanol–water partition coefficient (Wildman–Crippen LogP) is 8.13. The SMILES string of the molecule is C(=Cc1cc2c(c(C=Cc3ccccc3)c1C=Cc1ccccc1)OCC2)c1ccccc1. The summed E-state index contributed by atoms with van der Waals surface area (Å²) in [7, 11) is 0. The van der Waals surface area contributed by atoms with Gasteiger partial charge in [0.25, 0.3) is 0 Å². The third-order valence-corrected chi connectivity index (χ3v) is 5.82. The van der Waals surface area contributed by atoms with Crippen LogP contribution in [0.2, 0.25) is 0 Å². The molecule has 33 heavy (non-hydrogen) atoms. The average Bonchev–Trinajstić information content (AvgIpc) is 3.35. The van der Waals surface area contributed by atoms with E-state index in [0.29, 0.717) is 0 Å². The zero-order valence-electron chi connectivity index (χ0n) is 18.5. The summed E-state index contributed by atoms with van der Waals surface area (Å²) < 4.78 is 6.12. The minimum absolute atomic E-state index is 0.731. The summed E-state index contributed by atoms with van der Waals surface area (Å²) in [6.45, 7) is 0.731. The second-order valence-corrected chi connectivity index (χ2v) is 8.11. The number of hydrogen-bond donors (Lipinski definition) is 0. The van der Waals surface area contributed by atoms with Crippen LogP contribution >= 0.6 is 0 Å². The topological polar surface area (TPSA) is 9.23 Å². The molecule has 0 saturated carbocycles. The van der Waals surface area contributed by atoms with Crippen LogP contribution < -0.4 is 4.74 Å². The first-order chi connectivity index (χ1) is 16.4. The van der Waals surface area contributed by atoms with Crippen LogP contribution in [0.25, 0.3) is 36.5 Å². The largest absolute Gasteiger partial charge is 0.492 e. The third-order valence-electron chi connectivity index (χ3n) is 5.82. The summed E-state index contributed by atoms with van der Waals surface area (Å²) in [6, 6.07) is 33.6. The lowest BCUT2D eigenvalue weighted by Gasteiger charge is -2.13. The highest BCUT2D eigenvalue weighted by molar-refractivity contribution is 5.88. The van der Waals surface area contributed by atoms with Crippen molar-refractivity contribution in [1.29, 1.82) is 0 Å². The van der Waals surface area contributed by atoms with E-state index in [2.05, 4.69) is 115 Å². The van der Waals surface area contributed by atoms with E-state index in [0.717, 1.165) is 24.3 Å². The molecule has 4 aromatic carbocycles. The first-order valence-electron chi connectivity index (χ1n) is 11.4. The Balaban J connectivity index is 1.63. The van der Waals surface area contributed by atoms with E-state index in [9.17, 15) is 0 Å². The average molecular weight is 427 g/mol. The van der Waals surface area contributed by atoms with Crippen LogP contribution in [0.5, 0.6) is 5.75 Å². The van der Waals surface area contributed by atoms with E-state index in [1.165, 1.54) is 33.4 Å². The fourth-order valence-electron chi connectivity index (χ4n) is 4.13. The molecule has 0 saturated heterocycles. The summed E-state index contributed by atoms with van der Waals surface area (Å²) in [5.41, 5.74) is 8.30. The molecule has 0 aliphatic carbocycles. The van der Waals surface area contributed by atoms with Crippen LogP contribution in [0.15, 0.2) is 97.1 Å². The van der Waals surface area contributed by atoms with Gasteiger partial charge in [-0.1, -0.05) is 127 Å². The van der Waals surface area contributed by atoms with Crippen LogP contribution in [0, 0.1) is 0 Å². The molecule has 0 N–H and O–H groups in total. The second kappa shape index (κ2) is 10.0. The first kappa shape index (κ1) is 20.8. The Hall–Kier alpha value is -4.10. The molecule has 1 heteroatoms. The predicted molar refractivity (Wildman–Crippen MR) is 142 cm³/mol. The van der Waals surface area contributed by atoms with Crippen molar-refractivity contribution in [3.63, 3.8) is 0 Å². The Morgan fingerprint density at radius 1 is 0.515 bits per heavy atom. The van der Waals surface area contributed by atoms with Gasteiger partial charge in [-0.05, 0) is 39.4 Å². The Morgan fingerprint density at radius 2 is 1.00 bits per heavy atom. The van der Waals surface area contributed by atoms with Crippen LogP contribution in [0.1, 0.15) is 38.9 Å². The maximum absolute atomic E-state index is 6.12. The first-order valence-corrected chi connectivity index (χ1v) is 11.4. The normalized spacial score (nSPS) is 13.1. The van der Waals surface area contributed by atoms with Crippen molar-refractivity contribution in [1.82, 2.24) is 0 Å². The monoisotopic (exact) mass is 426 g/mol. The highest BCUT2D eigenvalue weighted by Crippen LogP contribution is 2.37. The van der Waals surface area contributed by atoms with Gasteiger partial charge in [0.2, 0.25) is 0 Å². The van der Waals surface area contributed by atoms with Gasteiger partial charge >= 0.3 is 0 Å². The van der Waals surface area contributed by atoms with Gasteiger partial charge in [0.15, 0.2) is 0 Å². The molecule has 0 unspecified atom stereocenters. The minimum atomic E-state index is 0.731. The molecule has 160 valence electrons. The molecule has 1 nitrogen and oxygen atoms in total. The molecule has 0 spiro atoms. The summed E-state index contributed by atoms with van der Waals surface area (Å²) >= 11 is 0. The number of rotatable bonds is 6. The van der Waals surface area contributed by atoms with Gasteiger partial charge in [0.05, 0.1) is 6.61 Å². The summed E-state index contributed by atoms with van der Waals surface area (Å²) in [5, 5.41) is 0. The number of fused-ring (bicyclic) bond motifs is 1. The van der Waals surface area contributed by atoms with Crippen LogP contribution in [0.3, 0.4) is 0 Å². The van der Waals surface area contributed by atoms with Crippen LogP contribution in [-0.2, 0) is 6.42 Å².